The summed E-state index contributed by atoms with van der Waals surface area (Å²) in [4.78, 5) is 13.9. The molecule has 0 bridgehead atoms. The number of rotatable bonds is 11. The quantitative estimate of drug-likeness (QED) is 0.176. The average Bonchev–Trinajstić information content (AvgIpc) is 3.16. The first-order chi connectivity index (χ1) is 17.0. The van der Waals surface area contributed by atoms with E-state index in [4.69, 9.17) is 0 Å². The number of hydrogen-bond donors (Lipinski definition) is 0. The molecule has 1 heterocycles. The fourth-order valence-electron chi connectivity index (χ4n) is 4.40. The van der Waals surface area contributed by atoms with Crippen LogP contribution < -0.4 is 35.2 Å². The zero-order valence-electron chi connectivity index (χ0n) is 20.5. The average molecular weight is 513 g/mol. The first-order valence-electron chi connectivity index (χ1n) is 11.9. The molecule has 0 saturated carbocycles. The third kappa shape index (κ3) is 7.08. The van der Waals surface area contributed by atoms with Gasteiger partial charge in [0.25, 0.3) is 0 Å². The third-order valence-electron chi connectivity index (χ3n) is 6.02. The molecule has 8 heteroatoms. The Kier molecular flexibility index (Phi) is 10.3. The van der Waals surface area contributed by atoms with Crippen molar-refractivity contribution in [1.82, 2.24) is 9.13 Å². The Hall–Kier alpha value is -2.42. The van der Waals surface area contributed by atoms with Crippen molar-refractivity contribution in [2.24, 2.45) is 0 Å². The van der Waals surface area contributed by atoms with Gasteiger partial charge in [0.05, 0.1) is 27.2 Å². The Labute approximate surface area is 234 Å². The molecule has 0 saturated heterocycles. The van der Waals surface area contributed by atoms with Crippen LogP contribution in [0, 0.1) is 0 Å². The SMILES string of the molecule is O=c1n(CCCCCCCS(=O)(=O)[O-])c(-c2ccccc2)c(-c2ccccc2)n1-c1ccccc1.[Na+]. The Morgan fingerprint density at radius 3 is 1.67 bits per heavy atom. The second-order valence-corrected chi connectivity index (χ2v) is 10.1. The maximum atomic E-state index is 13.9. The number of aromatic nitrogens is 2. The van der Waals surface area contributed by atoms with Crippen LogP contribution in [0.15, 0.2) is 95.8 Å². The van der Waals surface area contributed by atoms with E-state index in [0.29, 0.717) is 19.4 Å². The minimum absolute atomic E-state index is 0. The molecule has 0 aliphatic carbocycles. The molecule has 4 rings (SSSR count). The summed E-state index contributed by atoms with van der Waals surface area (Å²) in [6.07, 6.45) is 3.50. The van der Waals surface area contributed by atoms with Gasteiger partial charge in [0.15, 0.2) is 0 Å². The van der Waals surface area contributed by atoms with Gasteiger partial charge >= 0.3 is 35.2 Å². The molecule has 4 aromatic rings. The van der Waals surface area contributed by atoms with Crippen molar-refractivity contribution in [2.75, 3.05) is 5.75 Å². The zero-order chi connectivity index (χ0) is 24.7. The summed E-state index contributed by atoms with van der Waals surface area (Å²) in [6.45, 7) is 0.544. The Bertz CT molecular complexity index is 1400. The van der Waals surface area contributed by atoms with Crippen molar-refractivity contribution >= 4 is 10.1 Å². The third-order valence-corrected chi connectivity index (χ3v) is 6.81. The van der Waals surface area contributed by atoms with Crippen molar-refractivity contribution in [2.45, 2.75) is 38.6 Å². The van der Waals surface area contributed by atoms with Crippen LogP contribution in [0.2, 0.25) is 0 Å². The normalized spacial score (nSPS) is 11.2. The summed E-state index contributed by atoms with van der Waals surface area (Å²) in [5, 5.41) is 0. The molecule has 3 aromatic carbocycles. The van der Waals surface area contributed by atoms with Crippen LogP contribution >= 0.6 is 0 Å². The van der Waals surface area contributed by atoms with Crippen LogP contribution in [0.4, 0.5) is 0 Å². The number of para-hydroxylation sites is 1. The van der Waals surface area contributed by atoms with E-state index < -0.39 is 10.1 Å². The summed E-state index contributed by atoms with van der Waals surface area (Å²) in [5.41, 5.74) is 4.39. The predicted octanol–water partition coefficient (Wildman–Crippen LogP) is 2.47. The van der Waals surface area contributed by atoms with Gasteiger partial charge in [-0.15, -0.1) is 0 Å². The molecule has 0 unspecified atom stereocenters. The molecule has 36 heavy (non-hydrogen) atoms. The molecule has 0 N–H and O–H groups in total. The Morgan fingerprint density at radius 1 is 0.639 bits per heavy atom. The fourth-order valence-corrected chi connectivity index (χ4v) is 4.96. The van der Waals surface area contributed by atoms with Gasteiger partial charge in [-0.2, -0.15) is 0 Å². The van der Waals surface area contributed by atoms with Crippen LogP contribution in [0.25, 0.3) is 28.2 Å². The van der Waals surface area contributed by atoms with E-state index in [9.17, 15) is 17.8 Å². The van der Waals surface area contributed by atoms with Gasteiger partial charge in [-0.1, -0.05) is 98.1 Å². The largest absolute Gasteiger partial charge is 1.00 e. The molecule has 6 nitrogen and oxygen atoms in total. The fraction of sp³-hybridized carbons (Fsp3) is 0.250. The molecule has 1 aromatic heterocycles. The number of imidazole rings is 1. The smallest absolute Gasteiger partial charge is 0.748 e. The van der Waals surface area contributed by atoms with Crippen molar-refractivity contribution in [3.05, 3.63) is 101 Å². The first-order valence-corrected chi connectivity index (χ1v) is 13.5. The van der Waals surface area contributed by atoms with E-state index in [0.717, 1.165) is 47.5 Å². The Balaban J connectivity index is 0.00000361. The summed E-state index contributed by atoms with van der Waals surface area (Å²) >= 11 is 0. The van der Waals surface area contributed by atoms with Crippen molar-refractivity contribution < 1.29 is 42.5 Å². The number of hydrogen-bond acceptors (Lipinski definition) is 4. The van der Waals surface area contributed by atoms with Crippen LogP contribution in [0.3, 0.4) is 0 Å². The van der Waals surface area contributed by atoms with Gasteiger partial charge in [0.2, 0.25) is 0 Å². The summed E-state index contributed by atoms with van der Waals surface area (Å²) in [6, 6.07) is 29.6. The second-order valence-electron chi connectivity index (χ2n) is 8.56. The molecule has 182 valence electrons. The van der Waals surface area contributed by atoms with Crippen molar-refractivity contribution in [1.29, 1.82) is 0 Å². The van der Waals surface area contributed by atoms with Crippen molar-refractivity contribution in [3.63, 3.8) is 0 Å². The molecular weight excluding hydrogens is 483 g/mol. The van der Waals surface area contributed by atoms with Gasteiger partial charge in [0.1, 0.15) is 0 Å². The number of nitrogens with zero attached hydrogens (tertiary/aromatic N) is 2. The maximum Gasteiger partial charge on any atom is 1.00 e. The zero-order valence-corrected chi connectivity index (χ0v) is 23.4. The van der Waals surface area contributed by atoms with Gasteiger partial charge < -0.3 is 4.55 Å². The number of benzene rings is 3. The van der Waals surface area contributed by atoms with Gasteiger partial charge in [-0.25, -0.2) is 13.2 Å². The van der Waals surface area contributed by atoms with Crippen LogP contribution in [0.5, 0.6) is 0 Å². The molecule has 0 aliphatic rings. The maximum absolute atomic E-state index is 13.9. The van der Waals surface area contributed by atoms with E-state index in [1.54, 1.807) is 4.57 Å². The molecule has 0 aliphatic heterocycles. The summed E-state index contributed by atoms with van der Waals surface area (Å²) < 4.78 is 36.0. The van der Waals surface area contributed by atoms with E-state index >= 15 is 0 Å². The van der Waals surface area contributed by atoms with Crippen molar-refractivity contribution in [3.8, 4) is 28.2 Å². The summed E-state index contributed by atoms with van der Waals surface area (Å²) in [5.74, 6) is -0.315. The molecule has 0 spiro atoms. The van der Waals surface area contributed by atoms with E-state index in [2.05, 4.69) is 0 Å². The number of unbranched alkanes of at least 4 members (excludes halogenated alkanes) is 4. The monoisotopic (exact) mass is 512 g/mol. The van der Waals surface area contributed by atoms with Gasteiger partial charge in [-0.3, -0.25) is 9.13 Å². The molecule has 0 radical (unpaired) electrons. The molecule has 0 atom stereocenters. The standard InChI is InChI=1S/C28H30N2O4S.Na/c31-28-29(21-13-2-1-3-14-22-35(32,33)34)26(23-15-7-4-8-16-23)27(24-17-9-5-10-18-24)30(28)25-19-11-6-12-20-25;/h4-12,15-20H,1-3,13-14,21-22H2,(H,32,33,34);/q;+1/p-1. The topological polar surface area (TPSA) is 84.1 Å². The van der Waals surface area contributed by atoms with Gasteiger partial charge in [0, 0.05) is 23.4 Å². The van der Waals surface area contributed by atoms with Crippen LogP contribution in [-0.4, -0.2) is 27.9 Å². The second kappa shape index (κ2) is 13.2. The minimum atomic E-state index is -4.15. The molecular formula is C28H29N2NaO4S. The van der Waals surface area contributed by atoms with Gasteiger partial charge in [-0.05, 0) is 25.0 Å². The van der Waals surface area contributed by atoms with Crippen LogP contribution in [-0.2, 0) is 16.7 Å². The van der Waals surface area contributed by atoms with Crippen LogP contribution in [0.1, 0.15) is 32.1 Å². The van der Waals surface area contributed by atoms with E-state index in [-0.39, 0.29) is 41.0 Å². The molecule has 0 fully saturated rings. The Morgan fingerprint density at radius 2 is 1.11 bits per heavy atom. The van der Waals surface area contributed by atoms with E-state index in [1.165, 1.54) is 0 Å². The van der Waals surface area contributed by atoms with E-state index in [1.807, 2.05) is 95.6 Å². The summed E-state index contributed by atoms with van der Waals surface area (Å²) in [7, 11) is -4.15. The first kappa shape index (κ1) is 28.2. The molecule has 0 amide bonds. The minimum Gasteiger partial charge on any atom is -0.748 e. The predicted molar refractivity (Wildman–Crippen MR) is 139 cm³/mol.